The number of pyridine rings is 1. The standard InChI is InChI=1S/C34H42N6O6S/c1-39-14-13-37-32(39)28-18-25-30(47-28)27(11-12-36-25)46-22-17-26(31(35)42)40(19-22)33(43)24(38-29(41)15-20-9-10-20)8-6-4-2-3-5-7-21-16-23(21)34(44)45/h5,7,11-14,18,20-24,26H,2-4,6,8-10,15-17,19H2,1H3,(H2,35,42)(H,38,41)(H,44,45)/b7-5-/t21-,22-,23+,24+,26+/m1/s1. The molecule has 1 saturated heterocycles. The van der Waals surface area contributed by atoms with Crippen molar-refractivity contribution in [2.45, 2.75) is 82.4 Å². The number of unbranched alkanes of at least 4 members (excludes halogenated alkanes) is 3. The number of hydrogen-bond acceptors (Lipinski definition) is 8. The maximum Gasteiger partial charge on any atom is 0.307 e. The number of imidazole rings is 1. The molecule has 0 spiro atoms. The van der Waals surface area contributed by atoms with E-state index in [1.54, 1.807) is 18.5 Å². The Hall–Kier alpha value is -4.26. The molecule has 250 valence electrons. The van der Waals surface area contributed by atoms with Crippen LogP contribution in [-0.4, -0.2) is 73.0 Å². The van der Waals surface area contributed by atoms with Gasteiger partial charge in [0.05, 0.1) is 27.6 Å². The Bertz CT molecular complexity index is 1660. The van der Waals surface area contributed by atoms with Crippen LogP contribution in [0.3, 0.4) is 0 Å². The van der Waals surface area contributed by atoms with Crippen molar-refractivity contribution in [2.24, 2.45) is 30.5 Å². The minimum absolute atomic E-state index is 0.140. The number of hydrogen-bond donors (Lipinski definition) is 3. The Morgan fingerprint density at radius 2 is 2.00 bits per heavy atom. The first-order chi connectivity index (χ1) is 22.7. The average molecular weight is 663 g/mol. The van der Waals surface area contributed by atoms with Crippen LogP contribution in [0.15, 0.2) is 42.9 Å². The number of allylic oxidation sites excluding steroid dienone is 2. The van der Waals surface area contributed by atoms with E-state index >= 15 is 0 Å². The van der Waals surface area contributed by atoms with Gasteiger partial charge in [0.1, 0.15) is 29.8 Å². The van der Waals surface area contributed by atoms with Crippen molar-refractivity contribution in [3.05, 3.63) is 42.9 Å². The number of carbonyl (C=O) groups excluding carboxylic acids is 3. The van der Waals surface area contributed by atoms with Crippen LogP contribution in [0.1, 0.15) is 64.2 Å². The second kappa shape index (κ2) is 14.2. The number of likely N-dealkylation sites (tertiary alicyclic amines) is 1. The molecule has 6 rings (SSSR count). The van der Waals surface area contributed by atoms with Crippen LogP contribution in [0.4, 0.5) is 0 Å². The maximum absolute atomic E-state index is 14.0. The molecule has 3 amide bonds. The van der Waals surface area contributed by atoms with Gasteiger partial charge in [-0.15, -0.1) is 11.3 Å². The maximum atomic E-state index is 14.0. The van der Waals surface area contributed by atoms with E-state index in [0.29, 0.717) is 30.9 Å². The summed E-state index contributed by atoms with van der Waals surface area (Å²) in [5.74, 6) is -0.0890. The Balaban J connectivity index is 1.09. The van der Waals surface area contributed by atoms with Gasteiger partial charge >= 0.3 is 5.97 Å². The van der Waals surface area contributed by atoms with Crippen LogP contribution in [0, 0.1) is 17.8 Å². The van der Waals surface area contributed by atoms with Crippen LogP contribution in [-0.2, 0) is 26.2 Å². The number of fused-ring (bicyclic) bond motifs is 1. The van der Waals surface area contributed by atoms with Gasteiger partial charge in [-0.3, -0.25) is 24.2 Å². The van der Waals surface area contributed by atoms with E-state index in [2.05, 4.69) is 15.3 Å². The highest BCUT2D eigenvalue weighted by Gasteiger charge is 2.43. The fraction of sp³-hybridized carbons (Fsp3) is 0.529. The number of aliphatic carboxylic acids is 1. The molecule has 4 N–H and O–H groups in total. The van der Waals surface area contributed by atoms with E-state index in [-0.39, 0.29) is 36.6 Å². The van der Waals surface area contributed by atoms with Gasteiger partial charge in [-0.25, -0.2) is 4.98 Å². The Morgan fingerprint density at radius 1 is 1.17 bits per heavy atom. The molecule has 12 nitrogen and oxygen atoms in total. The number of nitrogens with two attached hydrogens (primary N) is 1. The Kier molecular flexibility index (Phi) is 9.90. The lowest BCUT2D eigenvalue weighted by Crippen LogP contribution is -2.53. The summed E-state index contributed by atoms with van der Waals surface area (Å²) in [6.45, 7) is 0.173. The summed E-state index contributed by atoms with van der Waals surface area (Å²) in [7, 11) is 1.93. The van der Waals surface area contributed by atoms with Gasteiger partial charge in [-0.05, 0) is 62.5 Å². The largest absolute Gasteiger partial charge is 0.487 e. The highest BCUT2D eigenvalue weighted by atomic mass is 32.1. The van der Waals surface area contributed by atoms with Crippen molar-refractivity contribution in [1.82, 2.24) is 24.8 Å². The first-order valence-electron chi connectivity index (χ1n) is 16.5. The molecule has 2 aliphatic carbocycles. The van der Waals surface area contributed by atoms with Gasteiger partial charge in [0.15, 0.2) is 0 Å². The second-order valence-corrected chi connectivity index (χ2v) is 14.1. The molecule has 0 radical (unpaired) electrons. The van der Waals surface area contributed by atoms with Crippen molar-refractivity contribution in [3.63, 3.8) is 0 Å². The Labute approximate surface area is 277 Å². The van der Waals surface area contributed by atoms with Crippen molar-refractivity contribution >= 4 is 45.2 Å². The number of nitrogens with zero attached hydrogens (tertiary/aromatic N) is 4. The summed E-state index contributed by atoms with van der Waals surface area (Å²) < 4.78 is 9.21. The normalized spacial score (nSPS) is 22.9. The number of amides is 3. The number of primary amides is 1. The van der Waals surface area contributed by atoms with Gasteiger partial charge < -0.3 is 30.4 Å². The third-order valence-electron chi connectivity index (χ3n) is 9.29. The molecule has 4 heterocycles. The molecule has 2 saturated carbocycles. The summed E-state index contributed by atoms with van der Waals surface area (Å²) >= 11 is 1.52. The van der Waals surface area contributed by atoms with E-state index in [4.69, 9.17) is 15.6 Å². The monoisotopic (exact) mass is 662 g/mol. The molecule has 0 bridgehead atoms. The minimum Gasteiger partial charge on any atom is -0.487 e. The average Bonchev–Trinajstić information content (AvgIpc) is 3.85. The molecular formula is C34H42N6O6S. The van der Waals surface area contributed by atoms with E-state index in [9.17, 15) is 19.2 Å². The lowest BCUT2D eigenvalue weighted by molar-refractivity contribution is -0.141. The molecule has 47 heavy (non-hydrogen) atoms. The number of carboxylic acid groups (broad SMARTS) is 1. The van der Waals surface area contributed by atoms with E-state index in [1.165, 1.54) is 16.2 Å². The van der Waals surface area contributed by atoms with Crippen LogP contribution in [0.5, 0.6) is 5.75 Å². The molecular weight excluding hydrogens is 620 g/mol. The first-order valence-corrected chi connectivity index (χ1v) is 17.3. The summed E-state index contributed by atoms with van der Waals surface area (Å²) in [5, 5.41) is 12.0. The predicted octanol–water partition coefficient (Wildman–Crippen LogP) is 4.04. The molecule has 5 atom stereocenters. The number of ether oxygens (including phenoxy) is 1. The first kappa shape index (κ1) is 32.7. The fourth-order valence-corrected chi connectivity index (χ4v) is 7.47. The molecule has 3 aromatic heterocycles. The topological polar surface area (TPSA) is 170 Å². The molecule has 1 aliphatic heterocycles. The van der Waals surface area contributed by atoms with Crippen molar-refractivity contribution in [2.75, 3.05) is 6.54 Å². The number of carbonyl (C=O) groups is 4. The van der Waals surface area contributed by atoms with Crippen LogP contribution < -0.4 is 15.8 Å². The van der Waals surface area contributed by atoms with E-state index < -0.39 is 30.1 Å². The Morgan fingerprint density at radius 3 is 2.70 bits per heavy atom. The molecule has 0 aromatic carbocycles. The van der Waals surface area contributed by atoms with Crippen LogP contribution in [0.2, 0.25) is 0 Å². The van der Waals surface area contributed by atoms with Crippen molar-refractivity contribution in [3.8, 4) is 16.5 Å². The van der Waals surface area contributed by atoms with Gasteiger partial charge in [-0.1, -0.05) is 25.0 Å². The van der Waals surface area contributed by atoms with E-state index in [0.717, 1.165) is 59.4 Å². The van der Waals surface area contributed by atoms with Crippen LogP contribution >= 0.6 is 11.3 Å². The van der Waals surface area contributed by atoms with Crippen molar-refractivity contribution in [1.29, 1.82) is 0 Å². The number of aromatic nitrogens is 3. The van der Waals surface area contributed by atoms with Crippen LogP contribution in [0.25, 0.3) is 20.9 Å². The number of aryl methyl sites for hydroxylation is 1. The summed E-state index contributed by atoms with van der Waals surface area (Å²) in [5.41, 5.74) is 6.58. The summed E-state index contributed by atoms with van der Waals surface area (Å²) in [6, 6.07) is 2.15. The van der Waals surface area contributed by atoms with Gasteiger partial charge in [0, 0.05) is 38.5 Å². The molecule has 13 heteroatoms. The second-order valence-electron chi connectivity index (χ2n) is 13.1. The SMILES string of the molecule is Cn1ccnc1-c1cc2nccc(O[C@@H]3C[C@@H](C(N)=O)N(C(=O)[C@H](CCCCC/C=C\[C@@H]4C[C@@H]4C(=O)O)NC(=O)CC4CC4)C3)c2s1. The van der Waals surface area contributed by atoms with Gasteiger partial charge in [0.25, 0.3) is 0 Å². The lowest BCUT2D eigenvalue weighted by Gasteiger charge is -2.28. The highest BCUT2D eigenvalue weighted by Crippen LogP contribution is 2.40. The zero-order valence-corrected chi connectivity index (χ0v) is 27.4. The fourth-order valence-electron chi connectivity index (χ4n) is 6.36. The zero-order valence-electron chi connectivity index (χ0n) is 26.5. The summed E-state index contributed by atoms with van der Waals surface area (Å²) in [6.07, 6.45) is 16.0. The van der Waals surface area contributed by atoms with Gasteiger partial charge in [0.2, 0.25) is 17.7 Å². The smallest absolute Gasteiger partial charge is 0.307 e. The van der Waals surface area contributed by atoms with Gasteiger partial charge in [-0.2, -0.15) is 0 Å². The van der Waals surface area contributed by atoms with E-state index in [1.807, 2.05) is 36.0 Å². The number of carboxylic acids is 1. The molecule has 3 aliphatic rings. The molecule has 3 fully saturated rings. The minimum atomic E-state index is -0.846. The van der Waals surface area contributed by atoms with Crippen molar-refractivity contribution < 1.29 is 29.0 Å². The predicted molar refractivity (Wildman–Crippen MR) is 176 cm³/mol. The quantitative estimate of drug-likeness (QED) is 0.152. The zero-order chi connectivity index (χ0) is 33.1. The number of nitrogens with one attached hydrogen (secondary N) is 1. The number of thiophene rings is 1. The third kappa shape index (κ3) is 8.01. The third-order valence-corrected chi connectivity index (χ3v) is 10.4. The summed E-state index contributed by atoms with van der Waals surface area (Å²) in [4.78, 5) is 61.8. The molecule has 0 unspecified atom stereocenters. The number of rotatable bonds is 16. The lowest BCUT2D eigenvalue weighted by atomic mass is 10.0. The molecule has 3 aromatic rings. The highest BCUT2D eigenvalue weighted by molar-refractivity contribution is 7.22.